The molecular formula is C16H15BrN2O2. The van der Waals surface area contributed by atoms with Crippen molar-refractivity contribution in [2.75, 3.05) is 18.2 Å². The highest BCUT2D eigenvalue weighted by Crippen LogP contribution is 2.27. The zero-order valence-corrected chi connectivity index (χ0v) is 13.1. The molecule has 0 bridgehead atoms. The molecule has 0 spiro atoms. The summed E-state index contributed by atoms with van der Waals surface area (Å²) < 4.78 is 5.92. The molecule has 5 heteroatoms. The van der Waals surface area contributed by atoms with Crippen molar-refractivity contribution in [1.82, 2.24) is 0 Å². The number of benzene rings is 2. The standard InChI is InChI=1S/C16H15BrN2O2/c1-21-13-7-8-14(17)15(10-13)19-16(20)9-4-11-2-5-12(18)6-3-11/h2-10H,18H2,1H3,(H,19,20)/b9-4+. The maximum absolute atomic E-state index is 11.9. The second kappa shape index (κ2) is 6.95. The fourth-order valence-electron chi connectivity index (χ4n) is 1.68. The molecule has 0 radical (unpaired) electrons. The van der Waals surface area contributed by atoms with Crippen molar-refractivity contribution in [2.45, 2.75) is 0 Å². The molecule has 108 valence electrons. The zero-order valence-electron chi connectivity index (χ0n) is 11.5. The van der Waals surface area contributed by atoms with Crippen LogP contribution in [0, 0.1) is 0 Å². The summed E-state index contributed by atoms with van der Waals surface area (Å²) in [5, 5.41) is 2.79. The largest absolute Gasteiger partial charge is 0.497 e. The van der Waals surface area contributed by atoms with Gasteiger partial charge in [-0.05, 0) is 51.8 Å². The molecule has 1 amide bonds. The Labute approximate surface area is 131 Å². The number of rotatable bonds is 4. The third kappa shape index (κ3) is 4.36. The summed E-state index contributed by atoms with van der Waals surface area (Å²) in [5.41, 5.74) is 7.86. The SMILES string of the molecule is COc1ccc(Br)c(NC(=O)/C=C/c2ccc(N)cc2)c1. The summed E-state index contributed by atoms with van der Waals surface area (Å²) in [6.07, 6.45) is 3.19. The number of carbonyl (C=O) groups excluding carboxylic acids is 1. The van der Waals surface area contributed by atoms with E-state index in [0.717, 1.165) is 10.0 Å². The number of nitrogens with one attached hydrogen (secondary N) is 1. The van der Waals surface area contributed by atoms with Crippen LogP contribution < -0.4 is 15.8 Å². The summed E-state index contributed by atoms with van der Waals surface area (Å²) in [5.74, 6) is 0.455. The Morgan fingerprint density at radius 3 is 2.62 bits per heavy atom. The van der Waals surface area contributed by atoms with Gasteiger partial charge in [0.25, 0.3) is 0 Å². The molecule has 2 aromatic rings. The van der Waals surface area contributed by atoms with Gasteiger partial charge in [0.05, 0.1) is 12.8 Å². The van der Waals surface area contributed by atoms with Crippen LogP contribution in [0.4, 0.5) is 11.4 Å². The quantitative estimate of drug-likeness (QED) is 0.655. The first-order chi connectivity index (χ1) is 10.1. The number of anilines is 2. The minimum atomic E-state index is -0.222. The van der Waals surface area contributed by atoms with Crippen molar-refractivity contribution < 1.29 is 9.53 Å². The van der Waals surface area contributed by atoms with E-state index < -0.39 is 0 Å². The van der Waals surface area contributed by atoms with Crippen molar-refractivity contribution in [1.29, 1.82) is 0 Å². The number of methoxy groups -OCH3 is 1. The van der Waals surface area contributed by atoms with Crippen LogP contribution in [-0.4, -0.2) is 13.0 Å². The predicted octanol–water partition coefficient (Wildman–Crippen LogP) is 3.69. The lowest BCUT2D eigenvalue weighted by Gasteiger charge is -2.07. The molecule has 0 aromatic heterocycles. The van der Waals surface area contributed by atoms with Crippen LogP contribution in [-0.2, 0) is 4.79 Å². The molecule has 21 heavy (non-hydrogen) atoms. The Kier molecular flexibility index (Phi) is 5.00. The summed E-state index contributed by atoms with van der Waals surface area (Å²) in [7, 11) is 1.58. The molecular weight excluding hydrogens is 332 g/mol. The van der Waals surface area contributed by atoms with E-state index in [4.69, 9.17) is 10.5 Å². The number of hydrogen-bond acceptors (Lipinski definition) is 3. The summed E-state index contributed by atoms with van der Waals surface area (Å²) in [4.78, 5) is 11.9. The zero-order chi connectivity index (χ0) is 15.2. The molecule has 0 aliphatic carbocycles. The number of nitrogens with two attached hydrogens (primary N) is 1. The van der Waals surface area contributed by atoms with Gasteiger partial charge in [-0.2, -0.15) is 0 Å². The molecule has 0 aliphatic heterocycles. The lowest BCUT2D eigenvalue weighted by atomic mass is 10.2. The van der Waals surface area contributed by atoms with Crippen molar-refractivity contribution in [2.24, 2.45) is 0 Å². The highest BCUT2D eigenvalue weighted by molar-refractivity contribution is 9.10. The lowest BCUT2D eigenvalue weighted by Crippen LogP contribution is -2.08. The van der Waals surface area contributed by atoms with Crippen molar-refractivity contribution in [3.05, 3.63) is 58.6 Å². The van der Waals surface area contributed by atoms with Gasteiger partial charge in [0, 0.05) is 22.3 Å². The van der Waals surface area contributed by atoms with Gasteiger partial charge >= 0.3 is 0 Å². The van der Waals surface area contributed by atoms with Gasteiger partial charge in [0.15, 0.2) is 0 Å². The Morgan fingerprint density at radius 2 is 1.95 bits per heavy atom. The molecule has 0 saturated carbocycles. The monoisotopic (exact) mass is 346 g/mol. The second-order valence-electron chi connectivity index (χ2n) is 4.34. The van der Waals surface area contributed by atoms with E-state index in [0.29, 0.717) is 17.1 Å². The normalized spacial score (nSPS) is 10.6. The maximum atomic E-state index is 11.9. The minimum absolute atomic E-state index is 0.222. The molecule has 0 saturated heterocycles. The van der Waals surface area contributed by atoms with Crippen LogP contribution in [0.3, 0.4) is 0 Å². The Balaban J connectivity index is 2.06. The van der Waals surface area contributed by atoms with Gasteiger partial charge in [-0.1, -0.05) is 12.1 Å². The first-order valence-corrected chi connectivity index (χ1v) is 7.06. The molecule has 3 N–H and O–H groups in total. The van der Waals surface area contributed by atoms with E-state index >= 15 is 0 Å². The van der Waals surface area contributed by atoms with Crippen LogP contribution in [0.1, 0.15) is 5.56 Å². The highest BCUT2D eigenvalue weighted by Gasteiger charge is 2.04. The minimum Gasteiger partial charge on any atom is -0.497 e. The summed E-state index contributed by atoms with van der Waals surface area (Å²) >= 11 is 3.38. The van der Waals surface area contributed by atoms with E-state index in [-0.39, 0.29) is 5.91 Å². The third-order valence-corrected chi connectivity index (χ3v) is 3.49. The van der Waals surface area contributed by atoms with E-state index in [9.17, 15) is 4.79 Å². The molecule has 0 heterocycles. The Hall–Kier alpha value is -2.27. The van der Waals surface area contributed by atoms with Crippen molar-refractivity contribution >= 4 is 39.3 Å². The Morgan fingerprint density at radius 1 is 1.24 bits per heavy atom. The van der Waals surface area contributed by atoms with Crippen LogP contribution in [0.2, 0.25) is 0 Å². The first kappa shape index (κ1) is 15.1. The number of amides is 1. The number of carbonyl (C=O) groups is 1. The van der Waals surface area contributed by atoms with Gasteiger partial charge in [0.1, 0.15) is 5.75 Å². The van der Waals surface area contributed by atoms with Crippen LogP contribution in [0.15, 0.2) is 53.0 Å². The topological polar surface area (TPSA) is 64.3 Å². The van der Waals surface area contributed by atoms with Crippen molar-refractivity contribution in [3.63, 3.8) is 0 Å². The number of ether oxygens (including phenoxy) is 1. The van der Waals surface area contributed by atoms with E-state index in [1.807, 2.05) is 24.3 Å². The molecule has 2 rings (SSSR count). The van der Waals surface area contributed by atoms with Gasteiger partial charge in [-0.3, -0.25) is 4.79 Å². The van der Waals surface area contributed by atoms with Gasteiger partial charge in [-0.25, -0.2) is 0 Å². The summed E-state index contributed by atoms with van der Waals surface area (Å²) in [6.45, 7) is 0. The average molecular weight is 347 g/mol. The Bertz CT molecular complexity index is 666. The van der Waals surface area contributed by atoms with E-state index in [1.165, 1.54) is 6.08 Å². The fourth-order valence-corrected chi connectivity index (χ4v) is 2.03. The van der Waals surface area contributed by atoms with Gasteiger partial charge in [0.2, 0.25) is 5.91 Å². The fraction of sp³-hybridized carbons (Fsp3) is 0.0625. The predicted molar refractivity (Wildman–Crippen MR) is 89.2 cm³/mol. The van der Waals surface area contributed by atoms with Crippen LogP contribution in [0.25, 0.3) is 6.08 Å². The van der Waals surface area contributed by atoms with Crippen LogP contribution in [0.5, 0.6) is 5.75 Å². The van der Waals surface area contributed by atoms with Gasteiger partial charge < -0.3 is 15.8 Å². The molecule has 0 aliphatic rings. The lowest BCUT2D eigenvalue weighted by molar-refractivity contribution is -0.111. The summed E-state index contributed by atoms with van der Waals surface area (Å²) in [6, 6.07) is 12.6. The molecule has 4 nitrogen and oxygen atoms in total. The highest BCUT2D eigenvalue weighted by atomic mass is 79.9. The number of hydrogen-bond donors (Lipinski definition) is 2. The number of halogens is 1. The maximum Gasteiger partial charge on any atom is 0.248 e. The molecule has 0 atom stereocenters. The molecule has 2 aromatic carbocycles. The smallest absolute Gasteiger partial charge is 0.248 e. The second-order valence-corrected chi connectivity index (χ2v) is 5.19. The first-order valence-electron chi connectivity index (χ1n) is 6.26. The molecule has 0 fully saturated rings. The van der Waals surface area contributed by atoms with E-state index in [1.54, 1.807) is 31.4 Å². The number of nitrogen functional groups attached to an aromatic ring is 1. The van der Waals surface area contributed by atoms with E-state index in [2.05, 4.69) is 21.2 Å². The van der Waals surface area contributed by atoms with Crippen molar-refractivity contribution in [3.8, 4) is 5.75 Å². The average Bonchev–Trinajstić information content (AvgIpc) is 2.49. The van der Waals surface area contributed by atoms with Gasteiger partial charge in [-0.15, -0.1) is 0 Å². The third-order valence-electron chi connectivity index (χ3n) is 2.80. The van der Waals surface area contributed by atoms with Crippen LogP contribution >= 0.6 is 15.9 Å². The molecule has 0 unspecified atom stereocenters.